The van der Waals surface area contributed by atoms with Crippen molar-refractivity contribution in [3.05, 3.63) is 35.9 Å². The summed E-state index contributed by atoms with van der Waals surface area (Å²) in [5.41, 5.74) is 0. The molecule has 0 spiro atoms. The molecule has 1 saturated heterocycles. The van der Waals surface area contributed by atoms with Crippen molar-refractivity contribution in [3.63, 3.8) is 0 Å². The smallest absolute Gasteiger partial charge is 0.240 e. The first-order chi connectivity index (χ1) is 13.7. The Kier molecular flexibility index (Phi) is 6.33. The van der Waals surface area contributed by atoms with Crippen LogP contribution in [0.3, 0.4) is 0 Å². The van der Waals surface area contributed by atoms with Crippen LogP contribution < -0.4 is 14.5 Å². The highest BCUT2D eigenvalue weighted by Gasteiger charge is 2.26. The van der Waals surface area contributed by atoms with Gasteiger partial charge in [-0.2, -0.15) is 15.0 Å². The zero-order chi connectivity index (χ0) is 21.2. The average molecular weight is 423 g/mol. The molecule has 3 rings (SSSR count). The number of piperidine rings is 1. The fraction of sp³-hybridized carbons (Fsp3) is 0.526. The van der Waals surface area contributed by atoms with Gasteiger partial charge in [0.25, 0.3) is 0 Å². The number of hydrogen-bond donors (Lipinski definition) is 1. The summed E-state index contributed by atoms with van der Waals surface area (Å²) in [6.45, 7) is 5.33. The van der Waals surface area contributed by atoms with E-state index >= 15 is 0 Å². The van der Waals surface area contributed by atoms with Crippen molar-refractivity contribution in [2.24, 2.45) is 0 Å². The monoisotopic (exact) mass is 422 g/mol. The van der Waals surface area contributed by atoms with Gasteiger partial charge in [0, 0.05) is 39.1 Å². The van der Waals surface area contributed by atoms with Gasteiger partial charge in [0.2, 0.25) is 21.9 Å². The van der Waals surface area contributed by atoms with Crippen molar-refractivity contribution in [3.8, 4) is 0 Å². The predicted molar refractivity (Wildman–Crippen MR) is 110 cm³/mol. The summed E-state index contributed by atoms with van der Waals surface area (Å²) >= 11 is 0. The number of aromatic nitrogens is 3. The quantitative estimate of drug-likeness (QED) is 0.763. The van der Waals surface area contributed by atoms with Gasteiger partial charge in [-0.3, -0.25) is 0 Å². The molecule has 2 aromatic rings. The van der Waals surface area contributed by atoms with Gasteiger partial charge in [0.05, 0.1) is 4.90 Å². The van der Waals surface area contributed by atoms with E-state index < -0.39 is 15.8 Å². The molecule has 0 atom stereocenters. The fourth-order valence-electron chi connectivity index (χ4n) is 3.07. The molecule has 0 amide bonds. The third kappa shape index (κ3) is 5.18. The van der Waals surface area contributed by atoms with Crippen molar-refractivity contribution in [2.45, 2.75) is 43.5 Å². The minimum Gasteiger partial charge on any atom is -0.347 e. The number of benzene rings is 1. The Labute approximate surface area is 171 Å². The summed E-state index contributed by atoms with van der Waals surface area (Å²) in [6.07, 6.45) is 1.25. The van der Waals surface area contributed by atoms with E-state index in [-0.39, 0.29) is 16.9 Å². The van der Waals surface area contributed by atoms with Crippen molar-refractivity contribution in [2.75, 3.05) is 37.0 Å². The summed E-state index contributed by atoms with van der Waals surface area (Å²) in [7, 11) is 0.0994. The summed E-state index contributed by atoms with van der Waals surface area (Å²) in [5, 5.41) is 0. The molecule has 1 fully saturated rings. The molecule has 0 radical (unpaired) electrons. The van der Waals surface area contributed by atoms with Crippen molar-refractivity contribution in [1.82, 2.24) is 19.7 Å². The van der Waals surface area contributed by atoms with E-state index in [1.807, 2.05) is 32.8 Å². The Morgan fingerprint density at radius 2 is 1.72 bits per heavy atom. The lowest BCUT2D eigenvalue weighted by Crippen LogP contribution is -2.45. The summed E-state index contributed by atoms with van der Waals surface area (Å²) < 4.78 is 40.8. The van der Waals surface area contributed by atoms with Crippen LogP contribution in [0.15, 0.2) is 29.2 Å². The Balaban J connectivity index is 1.68. The number of rotatable bonds is 6. The number of anilines is 2. The molecule has 1 N–H and O–H groups in total. The number of nitrogens with one attached hydrogen (secondary N) is 1. The molecule has 10 heteroatoms. The van der Waals surface area contributed by atoms with Crippen LogP contribution in [0.25, 0.3) is 0 Å². The maximum Gasteiger partial charge on any atom is 0.240 e. The molecule has 0 unspecified atom stereocenters. The summed E-state index contributed by atoms with van der Waals surface area (Å²) in [4.78, 5) is 17.6. The van der Waals surface area contributed by atoms with E-state index in [1.54, 1.807) is 0 Å². The number of sulfonamides is 1. The molecule has 0 bridgehead atoms. The lowest BCUT2D eigenvalue weighted by Gasteiger charge is -2.32. The van der Waals surface area contributed by atoms with Gasteiger partial charge in [-0.15, -0.1) is 0 Å². The van der Waals surface area contributed by atoms with E-state index in [0.29, 0.717) is 37.8 Å². The third-order valence-electron chi connectivity index (χ3n) is 4.77. The Hall–Kier alpha value is -2.33. The normalized spacial score (nSPS) is 15.7. The molecule has 1 aliphatic heterocycles. The Morgan fingerprint density at radius 3 is 2.28 bits per heavy atom. The lowest BCUT2D eigenvalue weighted by atomic mass is 10.1. The largest absolute Gasteiger partial charge is 0.347 e. The van der Waals surface area contributed by atoms with Gasteiger partial charge in [0.15, 0.2) is 0 Å². The highest BCUT2D eigenvalue weighted by molar-refractivity contribution is 7.89. The minimum atomic E-state index is -3.68. The topological polar surface area (TPSA) is 91.3 Å². The number of halogens is 1. The van der Waals surface area contributed by atoms with E-state index in [0.717, 1.165) is 18.0 Å². The lowest BCUT2D eigenvalue weighted by molar-refractivity contribution is 0.455. The molecule has 1 aromatic carbocycles. The van der Waals surface area contributed by atoms with E-state index in [1.165, 1.54) is 12.1 Å². The van der Waals surface area contributed by atoms with Crippen LogP contribution in [0.4, 0.5) is 16.3 Å². The van der Waals surface area contributed by atoms with Crippen LogP contribution in [-0.4, -0.2) is 56.6 Å². The number of nitrogens with zero attached hydrogens (tertiary/aromatic N) is 5. The molecule has 1 aromatic heterocycles. The maximum absolute atomic E-state index is 13.1. The van der Waals surface area contributed by atoms with Gasteiger partial charge in [-0.1, -0.05) is 13.8 Å². The van der Waals surface area contributed by atoms with Gasteiger partial charge in [-0.25, -0.2) is 17.5 Å². The SMILES string of the molecule is CC(C)c1nc(N(C)C)nc(N2CCC(NS(=O)(=O)c3ccc(F)cc3)CC2)n1. The van der Waals surface area contributed by atoms with Gasteiger partial charge in [-0.05, 0) is 37.1 Å². The molecule has 158 valence electrons. The second-order valence-electron chi connectivity index (χ2n) is 7.68. The minimum absolute atomic E-state index is 0.0657. The zero-order valence-electron chi connectivity index (χ0n) is 17.1. The van der Waals surface area contributed by atoms with Crippen LogP contribution in [0.1, 0.15) is 38.4 Å². The van der Waals surface area contributed by atoms with Gasteiger partial charge < -0.3 is 9.80 Å². The van der Waals surface area contributed by atoms with Crippen LogP contribution in [-0.2, 0) is 10.0 Å². The molecule has 0 aliphatic carbocycles. The molecule has 2 heterocycles. The van der Waals surface area contributed by atoms with E-state index in [4.69, 9.17) is 0 Å². The molecule has 1 aliphatic rings. The fourth-order valence-corrected chi connectivity index (χ4v) is 4.37. The molecular formula is C19H27FN6O2S. The molecule has 0 saturated carbocycles. The second kappa shape index (κ2) is 8.58. The zero-order valence-corrected chi connectivity index (χ0v) is 17.9. The first kappa shape index (κ1) is 21.4. The standard InChI is InChI=1S/C19H27FN6O2S/c1-13(2)17-21-18(25(3)4)23-19(22-17)26-11-9-15(10-12-26)24-29(27,28)16-7-5-14(20)6-8-16/h5-8,13,15,24H,9-12H2,1-4H3. The Bertz CT molecular complexity index is 915. The maximum atomic E-state index is 13.1. The highest BCUT2D eigenvalue weighted by atomic mass is 32.2. The number of hydrogen-bond acceptors (Lipinski definition) is 7. The van der Waals surface area contributed by atoms with Crippen molar-refractivity contribution >= 4 is 21.9 Å². The van der Waals surface area contributed by atoms with Crippen LogP contribution in [0.2, 0.25) is 0 Å². The molecular weight excluding hydrogens is 395 g/mol. The predicted octanol–water partition coefficient (Wildman–Crippen LogP) is 2.15. The van der Waals surface area contributed by atoms with E-state index in [2.05, 4.69) is 24.6 Å². The summed E-state index contributed by atoms with van der Waals surface area (Å²) in [5.74, 6) is 1.67. The van der Waals surface area contributed by atoms with Gasteiger partial charge in [0.1, 0.15) is 11.6 Å². The molecule has 8 nitrogen and oxygen atoms in total. The first-order valence-corrected chi connectivity index (χ1v) is 11.1. The van der Waals surface area contributed by atoms with Crippen LogP contribution in [0.5, 0.6) is 0 Å². The van der Waals surface area contributed by atoms with E-state index in [9.17, 15) is 12.8 Å². The first-order valence-electron chi connectivity index (χ1n) is 9.62. The second-order valence-corrected chi connectivity index (χ2v) is 9.39. The Morgan fingerprint density at radius 1 is 1.10 bits per heavy atom. The van der Waals surface area contributed by atoms with Gasteiger partial charge >= 0.3 is 0 Å². The summed E-state index contributed by atoms with van der Waals surface area (Å²) in [6, 6.07) is 4.64. The van der Waals surface area contributed by atoms with Crippen molar-refractivity contribution in [1.29, 1.82) is 0 Å². The average Bonchev–Trinajstić information content (AvgIpc) is 2.68. The highest BCUT2D eigenvalue weighted by Crippen LogP contribution is 2.22. The third-order valence-corrected chi connectivity index (χ3v) is 6.31. The van der Waals surface area contributed by atoms with Crippen LogP contribution in [0, 0.1) is 5.82 Å². The molecule has 29 heavy (non-hydrogen) atoms. The van der Waals surface area contributed by atoms with Crippen molar-refractivity contribution < 1.29 is 12.8 Å². The van der Waals surface area contributed by atoms with Crippen LogP contribution >= 0.6 is 0 Å².